The highest BCUT2D eigenvalue weighted by Crippen LogP contribution is 2.37. The van der Waals surface area contributed by atoms with Crippen molar-refractivity contribution in [3.8, 4) is 34.2 Å². The maximum absolute atomic E-state index is 5.28. The molecule has 0 atom stereocenters. The Hall–Kier alpha value is -6.57. The number of rotatable bonds is 7. The summed E-state index contributed by atoms with van der Waals surface area (Å²) >= 11 is 3.68. The van der Waals surface area contributed by atoms with Gasteiger partial charge in [-0.15, -0.1) is 22.7 Å². The van der Waals surface area contributed by atoms with Gasteiger partial charge in [-0.2, -0.15) is 0 Å². The van der Waals surface area contributed by atoms with Gasteiger partial charge in [0.05, 0.1) is 0 Å². The van der Waals surface area contributed by atoms with Gasteiger partial charge in [0.2, 0.25) is 0 Å². The maximum atomic E-state index is 5.28. The molecular weight excluding hydrogens is 747 g/mol. The van der Waals surface area contributed by atoms with E-state index in [1.54, 1.807) is 11.3 Å². The number of hydrogen-bond donors (Lipinski definition) is 0. The van der Waals surface area contributed by atoms with Crippen molar-refractivity contribution < 1.29 is 0 Å². The molecule has 0 radical (unpaired) electrons. The van der Waals surface area contributed by atoms with Crippen LogP contribution in [0.2, 0.25) is 0 Å². The second-order valence-corrected chi connectivity index (χ2v) is 20.3. The molecule has 0 aliphatic heterocycles. The fourth-order valence-electron chi connectivity index (χ4n) is 8.54. The quantitative estimate of drug-likeness (QED) is 0.119. The van der Waals surface area contributed by atoms with E-state index in [0.29, 0.717) is 17.5 Å². The van der Waals surface area contributed by atoms with E-state index < -0.39 is 8.07 Å². The molecule has 0 aliphatic carbocycles. The maximum Gasteiger partial charge on any atom is 0.180 e. The summed E-state index contributed by atoms with van der Waals surface area (Å²) in [6.45, 7) is 0. The number of fused-ring (bicyclic) bond motifs is 6. The van der Waals surface area contributed by atoms with E-state index in [4.69, 9.17) is 15.0 Å². The van der Waals surface area contributed by atoms with E-state index in [9.17, 15) is 0 Å². The molecule has 11 aromatic rings. The Balaban J connectivity index is 1.17. The molecule has 3 heterocycles. The predicted octanol–water partition coefficient (Wildman–Crippen LogP) is 11.0. The van der Waals surface area contributed by atoms with Crippen LogP contribution < -0.4 is 20.7 Å². The zero-order valence-corrected chi connectivity index (χ0v) is 33.3. The van der Waals surface area contributed by atoms with Crippen LogP contribution in [0.3, 0.4) is 0 Å². The highest BCUT2D eigenvalue weighted by molar-refractivity contribution is 7.27. The van der Waals surface area contributed by atoms with Gasteiger partial charge in [-0.1, -0.05) is 176 Å². The van der Waals surface area contributed by atoms with Crippen LogP contribution in [0.15, 0.2) is 200 Å². The number of thiophene rings is 2. The van der Waals surface area contributed by atoms with Crippen LogP contribution in [0.5, 0.6) is 0 Å². The fraction of sp³-hybridized carbons (Fsp3) is 0. The lowest BCUT2D eigenvalue weighted by molar-refractivity contribution is 1.07. The van der Waals surface area contributed by atoms with Crippen LogP contribution in [-0.2, 0) is 0 Å². The summed E-state index contributed by atoms with van der Waals surface area (Å²) in [5.74, 6) is 1.97. The Kier molecular flexibility index (Phi) is 8.21. The van der Waals surface area contributed by atoms with Crippen LogP contribution >= 0.6 is 22.7 Å². The molecule has 3 nitrogen and oxygen atoms in total. The average molecular weight is 780 g/mol. The van der Waals surface area contributed by atoms with Crippen molar-refractivity contribution in [1.29, 1.82) is 0 Å². The lowest BCUT2D eigenvalue weighted by Gasteiger charge is -2.35. The Labute approximate surface area is 339 Å². The summed E-state index contributed by atoms with van der Waals surface area (Å²) < 4.78 is 5.10. The first-order chi connectivity index (χ1) is 28.2. The predicted molar refractivity (Wildman–Crippen MR) is 246 cm³/mol. The molecule has 0 amide bonds. The molecule has 3 aromatic heterocycles. The second-order valence-electron chi connectivity index (χ2n) is 14.3. The molecule has 0 aliphatic rings. The van der Waals surface area contributed by atoms with Crippen molar-refractivity contribution in [2.24, 2.45) is 0 Å². The molecule has 57 heavy (non-hydrogen) atoms. The van der Waals surface area contributed by atoms with Crippen LogP contribution in [0.4, 0.5) is 0 Å². The van der Waals surface area contributed by atoms with Gasteiger partial charge in [0.25, 0.3) is 0 Å². The summed E-state index contributed by atoms with van der Waals surface area (Å²) in [7, 11) is -2.97. The van der Waals surface area contributed by atoms with Crippen molar-refractivity contribution in [3.05, 3.63) is 200 Å². The third-order valence-electron chi connectivity index (χ3n) is 11.1. The third-order valence-corrected chi connectivity index (χ3v) is 18.1. The normalized spacial score (nSPS) is 11.9. The highest BCUT2D eigenvalue weighted by atomic mass is 32.1. The summed E-state index contributed by atoms with van der Waals surface area (Å²) in [5, 5.41) is 10.5. The van der Waals surface area contributed by atoms with Crippen molar-refractivity contribution in [2.45, 2.75) is 0 Å². The summed E-state index contributed by atoms with van der Waals surface area (Å²) in [6.07, 6.45) is 0. The van der Waals surface area contributed by atoms with Gasteiger partial charge >= 0.3 is 0 Å². The van der Waals surface area contributed by atoms with Crippen LogP contribution in [0, 0.1) is 0 Å². The van der Waals surface area contributed by atoms with Gasteiger partial charge < -0.3 is 0 Å². The zero-order chi connectivity index (χ0) is 37.8. The molecule has 8 aromatic carbocycles. The molecule has 268 valence electrons. The molecule has 6 heteroatoms. The van der Waals surface area contributed by atoms with E-state index in [1.807, 2.05) is 29.5 Å². The molecule has 11 rings (SSSR count). The fourth-order valence-corrected chi connectivity index (χ4v) is 15.9. The second kappa shape index (κ2) is 13.9. The Morgan fingerprint density at radius 3 is 1.49 bits per heavy atom. The van der Waals surface area contributed by atoms with E-state index in [-0.39, 0.29) is 0 Å². The smallest absolute Gasteiger partial charge is 0.180 e. The third kappa shape index (κ3) is 5.64. The number of aromatic nitrogens is 3. The standard InChI is InChI=1S/C51H33N3S2Si/c1-4-16-34(17-5-1)49-52-50(54-51(53-49)36-30-31-41-40-24-10-12-26-43(40)56-46(41)33-36)35-18-14-23-39(32-35)57(37-19-6-2-7-20-37,38-21-8-3-9-22-38)47-29-15-28-45-48(47)42-25-11-13-27-44(42)55-45/h1-33H. The van der Waals surface area contributed by atoms with Crippen molar-refractivity contribution in [3.63, 3.8) is 0 Å². The molecule has 0 fully saturated rings. The minimum Gasteiger partial charge on any atom is -0.208 e. The lowest BCUT2D eigenvalue weighted by atomic mass is 10.1. The van der Waals surface area contributed by atoms with Crippen molar-refractivity contribution in [2.75, 3.05) is 0 Å². The number of nitrogens with zero attached hydrogens (tertiary/aromatic N) is 3. The minimum absolute atomic E-state index is 0.653. The van der Waals surface area contributed by atoms with Gasteiger partial charge in [-0.05, 0) is 45.0 Å². The van der Waals surface area contributed by atoms with Crippen molar-refractivity contribution >= 4 is 91.8 Å². The summed E-state index contributed by atoms with van der Waals surface area (Å²) in [5.41, 5.74) is 2.89. The molecule has 0 spiro atoms. The van der Waals surface area contributed by atoms with E-state index in [2.05, 4.69) is 182 Å². The summed E-state index contributed by atoms with van der Waals surface area (Å²) in [6, 6.07) is 72.6. The Morgan fingerprint density at radius 1 is 0.316 bits per heavy atom. The number of benzene rings is 8. The topological polar surface area (TPSA) is 38.7 Å². The Bertz CT molecular complexity index is 3210. The van der Waals surface area contributed by atoms with E-state index in [1.165, 1.54) is 61.1 Å². The highest BCUT2D eigenvalue weighted by Gasteiger charge is 2.43. The van der Waals surface area contributed by atoms with Gasteiger partial charge in [0.15, 0.2) is 25.5 Å². The van der Waals surface area contributed by atoms with E-state index in [0.717, 1.165) is 16.7 Å². The SMILES string of the molecule is c1ccc(-c2nc(-c3cccc([Si](c4ccccc4)(c4ccccc4)c4cccc5sc6ccccc6c45)c3)nc(-c3ccc4c(c3)sc3ccccc34)n2)cc1. The minimum atomic E-state index is -2.97. The zero-order valence-electron chi connectivity index (χ0n) is 30.7. The van der Waals surface area contributed by atoms with Crippen LogP contribution in [-0.4, -0.2) is 23.0 Å². The summed E-state index contributed by atoms with van der Waals surface area (Å²) in [4.78, 5) is 15.6. The molecule has 0 saturated carbocycles. The Morgan fingerprint density at radius 2 is 0.789 bits per heavy atom. The van der Waals surface area contributed by atoms with E-state index >= 15 is 0 Å². The van der Waals surface area contributed by atoms with Gasteiger partial charge in [0.1, 0.15) is 0 Å². The van der Waals surface area contributed by atoms with Crippen LogP contribution in [0.1, 0.15) is 0 Å². The van der Waals surface area contributed by atoms with Gasteiger partial charge in [0, 0.05) is 57.0 Å². The first-order valence-corrected chi connectivity index (χ1v) is 22.7. The lowest BCUT2D eigenvalue weighted by Crippen LogP contribution is -2.74. The molecule has 0 N–H and O–H groups in total. The first-order valence-electron chi connectivity index (χ1n) is 19.1. The number of hydrogen-bond acceptors (Lipinski definition) is 5. The molecule has 0 saturated heterocycles. The first kappa shape index (κ1) is 33.7. The van der Waals surface area contributed by atoms with Gasteiger partial charge in [-0.25, -0.2) is 15.0 Å². The van der Waals surface area contributed by atoms with Crippen molar-refractivity contribution in [1.82, 2.24) is 15.0 Å². The average Bonchev–Trinajstić information content (AvgIpc) is 3.86. The molecular formula is C51H33N3S2Si. The molecule has 0 bridgehead atoms. The van der Waals surface area contributed by atoms with Gasteiger partial charge in [-0.3, -0.25) is 0 Å². The largest absolute Gasteiger partial charge is 0.208 e. The van der Waals surface area contributed by atoms with Crippen LogP contribution in [0.25, 0.3) is 74.5 Å². The monoisotopic (exact) mass is 779 g/mol. The molecule has 0 unspecified atom stereocenters.